The SMILES string of the molecule is Cc1cc(C(=O)OCC(=O)Nc2ccccc2SCC(N)=O)c2ccccc2n1. The fourth-order valence-electron chi connectivity index (χ4n) is 2.72. The van der Waals surface area contributed by atoms with Gasteiger partial charge in [0.25, 0.3) is 5.91 Å². The first kappa shape index (κ1) is 20.3. The van der Waals surface area contributed by atoms with Crippen molar-refractivity contribution in [2.45, 2.75) is 11.8 Å². The lowest BCUT2D eigenvalue weighted by atomic mass is 10.1. The van der Waals surface area contributed by atoms with Gasteiger partial charge >= 0.3 is 5.97 Å². The quantitative estimate of drug-likeness (QED) is 0.458. The largest absolute Gasteiger partial charge is 0.452 e. The molecule has 0 aliphatic heterocycles. The van der Waals surface area contributed by atoms with E-state index in [1.807, 2.05) is 18.2 Å². The molecule has 29 heavy (non-hydrogen) atoms. The molecular formula is C21H19N3O4S. The second kappa shape index (κ2) is 9.20. The second-order valence-electron chi connectivity index (χ2n) is 6.20. The Morgan fingerprint density at radius 3 is 2.62 bits per heavy atom. The maximum Gasteiger partial charge on any atom is 0.339 e. The van der Waals surface area contributed by atoms with Gasteiger partial charge < -0.3 is 15.8 Å². The molecule has 7 nitrogen and oxygen atoms in total. The van der Waals surface area contributed by atoms with Crippen molar-refractivity contribution >= 4 is 46.1 Å². The average molecular weight is 409 g/mol. The Morgan fingerprint density at radius 2 is 1.83 bits per heavy atom. The maximum absolute atomic E-state index is 12.5. The molecule has 3 aromatic rings. The van der Waals surface area contributed by atoms with Gasteiger partial charge in [0.15, 0.2) is 6.61 Å². The van der Waals surface area contributed by atoms with E-state index < -0.39 is 24.4 Å². The number of fused-ring (bicyclic) bond motifs is 1. The molecule has 0 bridgehead atoms. The number of esters is 1. The Morgan fingerprint density at radius 1 is 1.10 bits per heavy atom. The number of benzene rings is 2. The smallest absolute Gasteiger partial charge is 0.339 e. The highest BCUT2D eigenvalue weighted by Crippen LogP contribution is 2.26. The number of pyridine rings is 1. The lowest BCUT2D eigenvalue weighted by Crippen LogP contribution is -2.21. The van der Waals surface area contributed by atoms with Crippen LogP contribution in [0, 0.1) is 6.92 Å². The molecule has 0 spiro atoms. The number of rotatable bonds is 7. The molecule has 148 valence electrons. The number of ether oxygens (including phenoxy) is 1. The summed E-state index contributed by atoms with van der Waals surface area (Å²) in [5, 5.41) is 3.35. The van der Waals surface area contributed by atoms with Crippen molar-refractivity contribution in [3.8, 4) is 0 Å². The minimum atomic E-state index is -0.599. The van der Waals surface area contributed by atoms with Gasteiger partial charge in [-0.15, -0.1) is 11.8 Å². The molecule has 0 radical (unpaired) electrons. The summed E-state index contributed by atoms with van der Waals surface area (Å²) in [4.78, 5) is 40.9. The molecular weight excluding hydrogens is 390 g/mol. The molecule has 0 unspecified atom stereocenters. The first-order valence-corrected chi connectivity index (χ1v) is 9.76. The summed E-state index contributed by atoms with van der Waals surface area (Å²) in [6.45, 7) is 1.35. The van der Waals surface area contributed by atoms with E-state index in [0.717, 1.165) is 0 Å². The standard InChI is InChI=1S/C21H19N3O4S/c1-13-10-15(14-6-2-3-7-16(14)23-13)21(27)28-11-20(26)24-17-8-4-5-9-18(17)29-12-19(22)25/h2-10H,11-12H2,1H3,(H2,22,25)(H,24,26). The van der Waals surface area contributed by atoms with E-state index in [1.54, 1.807) is 43.3 Å². The monoisotopic (exact) mass is 409 g/mol. The molecule has 3 N–H and O–H groups in total. The number of anilines is 1. The van der Waals surface area contributed by atoms with Crippen molar-refractivity contribution in [1.29, 1.82) is 0 Å². The van der Waals surface area contributed by atoms with E-state index in [-0.39, 0.29) is 5.75 Å². The number of carbonyl (C=O) groups is 3. The van der Waals surface area contributed by atoms with Crippen LogP contribution in [0.25, 0.3) is 10.9 Å². The van der Waals surface area contributed by atoms with Crippen molar-refractivity contribution in [3.05, 3.63) is 65.9 Å². The molecule has 0 aliphatic rings. The fraction of sp³-hybridized carbons (Fsp3) is 0.143. The zero-order valence-electron chi connectivity index (χ0n) is 15.7. The zero-order chi connectivity index (χ0) is 20.8. The molecule has 3 rings (SSSR count). The Balaban J connectivity index is 1.66. The first-order valence-electron chi connectivity index (χ1n) is 8.77. The number of hydrogen-bond acceptors (Lipinski definition) is 6. The van der Waals surface area contributed by atoms with Crippen LogP contribution in [0.5, 0.6) is 0 Å². The topological polar surface area (TPSA) is 111 Å². The van der Waals surface area contributed by atoms with Crippen molar-refractivity contribution in [3.63, 3.8) is 0 Å². The molecule has 0 fully saturated rings. The minimum absolute atomic E-state index is 0.0936. The summed E-state index contributed by atoms with van der Waals surface area (Å²) in [6, 6.07) is 15.9. The van der Waals surface area contributed by atoms with E-state index in [1.165, 1.54) is 11.8 Å². The molecule has 2 aromatic carbocycles. The molecule has 0 saturated heterocycles. The third-order valence-corrected chi connectivity index (χ3v) is 5.03. The Bertz CT molecular complexity index is 1080. The van der Waals surface area contributed by atoms with Crippen molar-refractivity contribution in [2.75, 3.05) is 17.7 Å². The van der Waals surface area contributed by atoms with Gasteiger partial charge in [-0.1, -0.05) is 30.3 Å². The molecule has 0 aliphatic carbocycles. The summed E-state index contributed by atoms with van der Waals surface area (Å²) in [5.41, 5.74) is 7.41. The van der Waals surface area contributed by atoms with Crippen LogP contribution in [0.1, 0.15) is 16.1 Å². The van der Waals surface area contributed by atoms with E-state index in [9.17, 15) is 14.4 Å². The minimum Gasteiger partial charge on any atom is -0.452 e. The van der Waals surface area contributed by atoms with Crippen LogP contribution >= 0.6 is 11.8 Å². The average Bonchev–Trinajstić information content (AvgIpc) is 2.70. The van der Waals surface area contributed by atoms with E-state index in [0.29, 0.717) is 32.7 Å². The van der Waals surface area contributed by atoms with Crippen LogP contribution in [0.2, 0.25) is 0 Å². The van der Waals surface area contributed by atoms with E-state index >= 15 is 0 Å². The predicted octanol–water partition coefficient (Wildman–Crippen LogP) is 2.92. The lowest BCUT2D eigenvalue weighted by Gasteiger charge is -2.11. The number of aryl methyl sites for hydroxylation is 1. The number of amides is 2. The van der Waals surface area contributed by atoms with Gasteiger partial charge in [-0.2, -0.15) is 0 Å². The lowest BCUT2D eigenvalue weighted by molar-refractivity contribution is -0.119. The molecule has 8 heteroatoms. The van der Waals surface area contributed by atoms with Gasteiger partial charge in [-0.25, -0.2) is 4.79 Å². The van der Waals surface area contributed by atoms with Gasteiger partial charge in [0.2, 0.25) is 5.91 Å². The van der Waals surface area contributed by atoms with Crippen molar-refractivity contribution < 1.29 is 19.1 Å². The van der Waals surface area contributed by atoms with Crippen LogP contribution in [0.4, 0.5) is 5.69 Å². The fourth-order valence-corrected chi connectivity index (χ4v) is 3.46. The predicted molar refractivity (Wildman–Crippen MR) is 112 cm³/mol. The first-order chi connectivity index (χ1) is 13.9. The number of primary amides is 1. The number of aromatic nitrogens is 1. The number of para-hydroxylation sites is 2. The Hall–Kier alpha value is -3.39. The number of nitrogens with two attached hydrogens (primary N) is 1. The third kappa shape index (κ3) is 5.32. The Kier molecular flexibility index (Phi) is 6.46. The number of thioether (sulfide) groups is 1. The number of nitrogens with one attached hydrogen (secondary N) is 1. The number of nitrogens with zero attached hydrogens (tertiary/aromatic N) is 1. The molecule has 0 atom stereocenters. The van der Waals surface area contributed by atoms with Gasteiger partial charge in [0, 0.05) is 16.0 Å². The third-order valence-electron chi connectivity index (χ3n) is 3.93. The maximum atomic E-state index is 12.5. The van der Waals surface area contributed by atoms with Crippen LogP contribution in [0.3, 0.4) is 0 Å². The normalized spacial score (nSPS) is 10.5. The highest BCUT2D eigenvalue weighted by Gasteiger charge is 2.15. The number of hydrogen-bond donors (Lipinski definition) is 2. The molecule has 1 aromatic heterocycles. The summed E-state index contributed by atoms with van der Waals surface area (Å²) < 4.78 is 5.20. The van der Waals surface area contributed by atoms with Crippen LogP contribution < -0.4 is 11.1 Å². The van der Waals surface area contributed by atoms with E-state index in [2.05, 4.69) is 10.3 Å². The zero-order valence-corrected chi connectivity index (χ0v) is 16.5. The van der Waals surface area contributed by atoms with Gasteiger partial charge in [0.1, 0.15) is 0 Å². The van der Waals surface area contributed by atoms with Gasteiger partial charge in [-0.3, -0.25) is 14.6 Å². The highest BCUT2D eigenvalue weighted by molar-refractivity contribution is 8.00. The molecule has 1 heterocycles. The molecule has 0 saturated carbocycles. The summed E-state index contributed by atoms with van der Waals surface area (Å²) in [7, 11) is 0. The highest BCUT2D eigenvalue weighted by atomic mass is 32.2. The second-order valence-corrected chi connectivity index (χ2v) is 7.22. The summed E-state index contributed by atoms with van der Waals surface area (Å²) >= 11 is 1.22. The molecule has 2 amide bonds. The van der Waals surface area contributed by atoms with Gasteiger partial charge in [-0.05, 0) is 31.2 Å². The van der Waals surface area contributed by atoms with Crippen molar-refractivity contribution in [2.24, 2.45) is 5.73 Å². The van der Waals surface area contributed by atoms with Crippen molar-refractivity contribution in [1.82, 2.24) is 4.98 Å². The van der Waals surface area contributed by atoms with Crippen LogP contribution in [-0.4, -0.2) is 35.1 Å². The summed E-state index contributed by atoms with van der Waals surface area (Å²) in [5.74, 6) is -1.44. The van der Waals surface area contributed by atoms with Crippen LogP contribution in [0.15, 0.2) is 59.5 Å². The Labute approximate surface area is 171 Å². The summed E-state index contributed by atoms with van der Waals surface area (Å²) in [6.07, 6.45) is 0. The number of carbonyl (C=O) groups excluding carboxylic acids is 3. The van der Waals surface area contributed by atoms with Crippen LogP contribution in [-0.2, 0) is 14.3 Å². The van der Waals surface area contributed by atoms with E-state index in [4.69, 9.17) is 10.5 Å². The van der Waals surface area contributed by atoms with Gasteiger partial charge in [0.05, 0.1) is 22.5 Å².